The quantitative estimate of drug-likeness (QED) is 0.745. The first-order valence-electron chi connectivity index (χ1n) is 6.93. The number of benzene rings is 1. The van der Waals surface area contributed by atoms with Gasteiger partial charge >= 0.3 is 0 Å². The summed E-state index contributed by atoms with van der Waals surface area (Å²) in [5.41, 5.74) is 2.61. The van der Waals surface area contributed by atoms with Gasteiger partial charge in [0.15, 0.2) is 0 Å². The molecule has 2 heterocycles. The van der Waals surface area contributed by atoms with Gasteiger partial charge in [0.2, 0.25) is 5.91 Å². The van der Waals surface area contributed by atoms with Gasteiger partial charge in [-0.25, -0.2) is 4.98 Å². The van der Waals surface area contributed by atoms with E-state index in [4.69, 9.17) is 4.74 Å². The highest BCUT2D eigenvalue weighted by atomic mass is 16.5. The van der Waals surface area contributed by atoms with Gasteiger partial charge < -0.3 is 15.0 Å². The molecule has 0 bridgehead atoms. The number of amides is 1. The number of nitrogens with zero attached hydrogens (tertiary/aromatic N) is 3. The van der Waals surface area contributed by atoms with Crippen molar-refractivity contribution in [2.45, 2.75) is 20.0 Å². The predicted octanol–water partition coefficient (Wildman–Crippen LogP) is 1.39. The van der Waals surface area contributed by atoms with Crippen LogP contribution in [0.15, 0.2) is 30.5 Å². The predicted molar refractivity (Wildman–Crippen MR) is 81.5 cm³/mol. The zero-order chi connectivity index (χ0) is 15.5. The topological polar surface area (TPSA) is 84.8 Å². The lowest BCUT2D eigenvalue weighted by Gasteiger charge is -2.03. The van der Waals surface area contributed by atoms with Crippen molar-refractivity contribution in [3.63, 3.8) is 0 Å². The lowest BCUT2D eigenvalue weighted by molar-refractivity contribution is -0.122. The van der Waals surface area contributed by atoms with Crippen LogP contribution in [0.5, 0.6) is 5.75 Å². The fraction of sp³-hybridized carbons (Fsp3) is 0.267. The van der Waals surface area contributed by atoms with Crippen LogP contribution >= 0.6 is 0 Å². The van der Waals surface area contributed by atoms with Gasteiger partial charge in [-0.15, -0.1) is 0 Å². The Hall–Kier alpha value is -2.83. The molecule has 0 saturated heterocycles. The molecule has 0 fully saturated rings. The molecule has 114 valence electrons. The number of carbonyl (C=O) groups excluding carboxylic acids is 1. The molecular formula is C15H17N5O2. The van der Waals surface area contributed by atoms with Gasteiger partial charge in [-0.05, 0) is 25.1 Å². The number of methoxy groups -OCH3 is 1. The molecule has 7 heteroatoms. The highest BCUT2D eigenvalue weighted by Crippen LogP contribution is 2.18. The highest BCUT2D eigenvalue weighted by molar-refractivity contribution is 5.77. The molecule has 0 atom stereocenters. The van der Waals surface area contributed by atoms with Gasteiger partial charge in [0, 0.05) is 12.3 Å². The number of nitrogens with one attached hydrogen (secondary N) is 2. The summed E-state index contributed by atoms with van der Waals surface area (Å²) in [7, 11) is 1.62. The number of H-pyrrole nitrogens is 1. The third-order valence-electron chi connectivity index (χ3n) is 3.27. The second kappa shape index (κ2) is 5.88. The molecule has 22 heavy (non-hydrogen) atoms. The molecule has 0 radical (unpaired) electrons. The van der Waals surface area contributed by atoms with Crippen molar-refractivity contribution in [1.82, 2.24) is 25.1 Å². The van der Waals surface area contributed by atoms with Crippen LogP contribution in [0.4, 0.5) is 0 Å². The van der Waals surface area contributed by atoms with Crippen LogP contribution in [0, 0.1) is 6.92 Å². The van der Waals surface area contributed by atoms with E-state index in [0.717, 1.165) is 22.5 Å². The second-order valence-electron chi connectivity index (χ2n) is 5.00. The highest BCUT2D eigenvalue weighted by Gasteiger charge is 2.07. The van der Waals surface area contributed by atoms with Crippen LogP contribution in [0.2, 0.25) is 0 Å². The Labute approximate surface area is 127 Å². The van der Waals surface area contributed by atoms with Gasteiger partial charge in [-0.1, -0.05) is 0 Å². The molecule has 3 rings (SSSR count). The van der Waals surface area contributed by atoms with Gasteiger partial charge in [0.25, 0.3) is 0 Å². The maximum Gasteiger partial charge on any atom is 0.242 e. The van der Waals surface area contributed by atoms with Crippen LogP contribution in [0.1, 0.15) is 11.5 Å². The van der Waals surface area contributed by atoms with Gasteiger partial charge in [-0.2, -0.15) is 5.10 Å². The summed E-state index contributed by atoms with van der Waals surface area (Å²) >= 11 is 0. The zero-order valence-electron chi connectivity index (χ0n) is 12.5. The SMILES string of the molecule is COc1ccc2nc(CNC(=O)Cn3ccc(C)n3)[nH]c2c1. The number of aryl methyl sites for hydroxylation is 1. The van der Waals surface area contributed by atoms with Crippen LogP contribution in [-0.4, -0.2) is 32.8 Å². The number of fused-ring (bicyclic) bond motifs is 1. The fourth-order valence-electron chi connectivity index (χ4n) is 2.19. The van der Waals surface area contributed by atoms with E-state index in [1.165, 1.54) is 0 Å². The number of imidazole rings is 1. The summed E-state index contributed by atoms with van der Waals surface area (Å²) in [6.07, 6.45) is 1.78. The number of ether oxygens (including phenoxy) is 1. The molecule has 1 aromatic carbocycles. The van der Waals surface area contributed by atoms with Crippen molar-refractivity contribution >= 4 is 16.9 Å². The second-order valence-corrected chi connectivity index (χ2v) is 5.00. The molecule has 0 spiro atoms. The lowest BCUT2D eigenvalue weighted by Crippen LogP contribution is -2.27. The number of aromatic amines is 1. The monoisotopic (exact) mass is 299 g/mol. The molecule has 1 amide bonds. The molecular weight excluding hydrogens is 282 g/mol. The normalized spacial score (nSPS) is 10.8. The van der Waals surface area contributed by atoms with Crippen LogP contribution in [-0.2, 0) is 17.9 Å². The van der Waals surface area contributed by atoms with Crippen LogP contribution in [0.25, 0.3) is 11.0 Å². The summed E-state index contributed by atoms with van der Waals surface area (Å²) in [6, 6.07) is 7.47. The molecule has 0 unspecified atom stereocenters. The van der Waals surface area contributed by atoms with Crippen molar-refractivity contribution in [3.8, 4) is 5.75 Å². The smallest absolute Gasteiger partial charge is 0.242 e. The van der Waals surface area contributed by atoms with Gasteiger partial charge in [-0.3, -0.25) is 9.48 Å². The summed E-state index contributed by atoms with van der Waals surface area (Å²) in [4.78, 5) is 19.5. The van der Waals surface area contributed by atoms with E-state index in [0.29, 0.717) is 12.4 Å². The third kappa shape index (κ3) is 3.08. The molecule has 2 N–H and O–H groups in total. The van der Waals surface area contributed by atoms with Crippen molar-refractivity contribution in [3.05, 3.63) is 42.0 Å². The Kier molecular flexibility index (Phi) is 3.78. The van der Waals surface area contributed by atoms with Crippen molar-refractivity contribution in [1.29, 1.82) is 0 Å². The Morgan fingerprint density at radius 2 is 2.27 bits per heavy atom. The minimum absolute atomic E-state index is 0.110. The van der Waals surface area contributed by atoms with E-state index in [2.05, 4.69) is 20.4 Å². The van der Waals surface area contributed by atoms with E-state index < -0.39 is 0 Å². The van der Waals surface area contributed by atoms with E-state index in [1.54, 1.807) is 18.0 Å². The maximum atomic E-state index is 11.9. The molecule has 2 aromatic heterocycles. The average molecular weight is 299 g/mol. The van der Waals surface area contributed by atoms with E-state index in [9.17, 15) is 4.79 Å². The van der Waals surface area contributed by atoms with E-state index in [-0.39, 0.29) is 12.5 Å². The van der Waals surface area contributed by atoms with Crippen molar-refractivity contribution in [2.75, 3.05) is 7.11 Å². The van der Waals surface area contributed by atoms with Crippen LogP contribution in [0.3, 0.4) is 0 Å². The van der Waals surface area contributed by atoms with Crippen molar-refractivity contribution < 1.29 is 9.53 Å². The largest absolute Gasteiger partial charge is 0.497 e. The average Bonchev–Trinajstić information content (AvgIpc) is 3.10. The van der Waals surface area contributed by atoms with Gasteiger partial charge in [0.05, 0.1) is 30.4 Å². The van der Waals surface area contributed by atoms with E-state index in [1.807, 2.05) is 31.2 Å². The molecule has 0 aliphatic carbocycles. The van der Waals surface area contributed by atoms with E-state index >= 15 is 0 Å². The fourth-order valence-corrected chi connectivity index (χ4v) is 2.19. The Morgan fingerprint density at radius 1 is 1.41 bits per heavy atom. The summed E-state index contributed by atoms with van der Waals surface area (Å²) in [5, 5.41) is 7.00. The number of hydrogen-bond donors (Lipinski definition) is 2. The molecule has 0 saturated carbocycles. The molecule has 3 aromatic rings. The number of rotatable bonds is 5. The van der Waals surface area contributed by atoms with Gasteiger partial charge in [0.1, 0.15) is 18.1 Å². The zero-order valence-corrected chi connectivity index (χ0v) is 12.5. The lowest BCUT2D eigenvalue weighted by atomic mass is 10.3. The third-order valence-corrected chi connectivity index (χ3v) is 3.27. The van der Waals surface area contributed by atoms with Crippen LogP contribution < -0.4 is 10.1 Å². The first-order chi connectivity index (χ1) is 10.6. The van der Waals surface area contributed by atoms with Crippen molar-refractivity contribution in [2.24, 2.45) is 0 Å². The maximum absolute atomic E-state index is 11.9. The Bertz CT molecular complexity index is 805. The Balaban J connectivity index is 1.62. The number of aromatic nitrogens is 4. The first kappa shape index (κ1) is 14.1. The molecule has 0 aliphatic heterocycles. The molecule has 0 aliphatic rings. The summed E-state index contributed by atoms with van der Waals surface area (Å²) < 4.78 is 6.78. The summed E-state index contributed by atoms with van der Waals surface area (Å²) in [6.45, 7) is 2.43. The first-order valence-corrected chi connectivity index (χ1v) is 6.93. The number of carbonyl (C=O) groups is 1. The molecule has 7 nitrogen and oxygen atoms in total. The summed E-state index contributed by atoms with van der Waals surface area (Å²) in [5.74, 6) is 1.36. The minimum Gasteiger partial charge on any atom is -0.497 e. The standard InChI is InChI=1S/C15H17N5O2/c1-10-5-6-20(19-10)9-15(21)16-8-14-17-12-4-3-11(22-2)7-13(12)18-14/h3-7H,8-9H2,1-2H3,(H,16,21)(H,17,18). The minimum atomic E-state index is -0.110. The number of hydrogen-bond acceptors (Lipinski definition) is 4. The Morgan fingerprint density at radius 3 is 3.00 bits per heavy atom.